The van der Waals surface area contributed by atoms with E-state index in [-0.39, 0.29) is 0 Å². The third-order valence-corrected chi connectivity index (χ3v) is 4.66. The highest BCUT2D eigenvalue weighted by molar-refractivity contribution is 5.29. The van der Waals surface area contributed by atoms with Crippen molar-refractivity contribution >= 4 is 0 Å². The molecule has 1 saturated heterocycles. The molecule has 3 nitrogen and oxygen atoms in total. The maximum atomic E-state index is 4.68. The van der Waals surface area contributed by atoms with Crippen LogP contribution in [0.3, 0.4) is 0 Å². The fourth-order valence-corrected chi connectivity index (χ4v) is 3.83. The molecule has 1 saturated carbocycles. The van der Waals surface area contributed by atoms with Crippen molar-refractivity contribution in [3.05, 3.63) is 17.5 Å². The van der Waals surface area contributed by atoms with E-state index in [4.69, 9.17) is 0 Å². The van der Waals surface area contributed by atoms with Gasteiger partial charge in [-0.3, -0.25) is 4.68 Å². The Labute approximate surface area is 96.2 Å². The zero-order valence-corrected chi connectivity index (χ0v) is 9.65. The number of nitrogens with one attached hydrogen (secondary N) is 1. The van der Waals surface area contributed by atoms with Crippen LogP contribution in [-0.4, -0.2) is 15.8 Å². The summed E-state index contributed by atoms with van der Waals surface area (Å²) in [4.78, 5) is 0. The maximum absolute atomic E-state index is 4.68. The van der Waals surface area contributed by atoms with Gasteiger partial charge in [0, 0.05) is 29.8 Å². The van der Waals surface area contributed by atoms with Crippen molar-refractivity contribution < 1.29 is 0 Å². The maximum Gasteiger partial charge on any atom is 0.0540 e. The Morgan fingerprint density at radius 2 is 2.06 bits per heavy atom. The van der Waals surface area contributed by atoms with E-state index in [0.29, 0.717) is 12.1 Å². The van der Waals surface area contributed by atoms with Gasteiger partial charge in [-0.1, -0.05) is 12.8 Å². The topological polar surface area (TPSA) is 29.9 Å². The van der Waals surface area contributed by atoms with Crippen LogP contribution in [-0.2, 0) is 6.42 Å². The van der Waals surface area contributed by atoms with Crippen molar-refractivity contribution in [3.8, 4) is 0 Å². The molecule has 3 heteroatoms. The molecule has 2 unspecified atom stereocenters. The molecule has 0 spiro atoms. The first-order valence-corrected chi connectivity index (χ1v) is 6.74. The minimum atomic E-state index is 0.615. The molecule has 3 heterocycles. The molecule has 1 aromatic rings. The zero-order chi connectivity index (χ0) is 10.5. The second-order valence-electron chi connectivity index (χ2n) is 5.63. The normalized spacial score (nSPS) is 33.2. The Morgan fingerprint density at radius 1 is 1.19 bits per heavy atom. The summed E-state index contributed by atoms with van der Waals surface area (Å²) in [6, 6.07) is 2.06. The number of aromatic nitrogens is 2. The van der Waals surface area contributed by atoms with Crippen LogP contribution in [0.5, 0.6) is 0 Å². The van der Waals surface area contributed by atoms with Gasteiger partial charge in [0.2, 0.25) is 0 Å². The van der Waals surface area contributed by atoms with Crippen LogP contribution in [0.1, 0.15) is 61.9 Å². The minimum Gasteiger partial charge on any atom is -0.307 e. The molecule has 0 aromatic carbocycles. The Hall–Kier alpha value is -0.830. The van der Waals surface area contributed by atoms with Gasteiger partial charge in [0.15, 0.2) is 0 Å². The molecule has 3 aliphatic rings. The average Bonchev–Trinajstić information content (AvgIpc) is 2.98. The van der Waals surface area contributed by atoms with Crippen LogP contribution in [0.4, 0.5) is 0 Å². The van der Waals surface area contributed by atoms with E-state index in [1.54, 1.807) is 5.69 Å². The predicted molar refractivity (Wildman–Crippen MR) is 62.3 cm³/mol. The Balaban J connectivity index is 1.74. The number of fused-ring (bicyclic) bond motifs is 4. The lowest BCUT2D eigenvalue weighted by Gasteiger charge is -2.24. The predicted octanol–water partition coefficient (Wildman–Crippen LogP) is 2.35. The van der Waals surface area contributed by atoms with Gasteiger partial charge in [0.1, 0.15) is 0 Å². The summed E-state index contributed by atoms with van der Waals surface area (Å²) in [7, 11) is 0. The molecule has 16 heavy (non-hydrogen) atoms. The van der Waals surface area contributed by atoms with Crippen molar-refractivity contribution in [2.24, 2.45) is 0 Å². The van der Waals surface area contributed by atoms with E-state index in [0.717, 1.165) is 6.04 Å². The van der Waals surface area contributed by atoms with Gasteiger partial charge >= 0.3 is 0 Å². The van der Waals surface area contributed by atoms with Gasteiger partial charge in [-0.25, -0.2) is 0 Å². The van der Waals surface area contributed by atoms with Gasteiger partial charge in [0.05, 0.1) is 12.2 Å². The second kappa shape index (κ2) is 3.33. The third-order valence-electron chi connectivity index (χ3n) is 4.66. The van der Waals surface area contributed by atoms with Crippen LogP contribution in [0.2, 0.25) is 0 Å². The van der Waals surface area contributed by atoms with E-state index in [1.165, 1.54) is 50.5 Å². The quantitative estimate of drug-likeness (QED) is 0.782. The molecule has 1 aliphatic carbocycles. The first-order valence-electron chi connectivity index (χ1n) is 6.74. The van der Waals surface area contributed by atoms with Crippen molar-refractivity contribution in [1.82, 2.24) is 15.1 Å². The number of hydrogen-bond donors (Lipinski definition) is 1. The van der Waals surface area contributed by atoms with Crippen LogP contribution in [0, 0.1) is 0 Å². The Morgan fingerprint density at radius 3 is 2.94 bits per heavy atom. The molecule has 0 radical (unpaired) electrons. The Kier molecular flexibility index (Phi) is 1.92. The number of hydrogen-bond acceptors (Lipinski definition) is 2. The van der Waals surface area contributed by atoms with Gasteiger partial charge in [-0.15, -0.1) is 0 Å². The highest BCUT2D eigenvalue weighted by atomic mass is 15.3. The molecule has 0 amide bonds. The summed E-state index contributed by atoms with van der Waals surface area (Å²) in [5.74, 6) is 0. The van der Waals surface area contributed by atoms with Gasteiger partial charge < -0.3 is 5.32 Å². The summed E-state index contributed by atoms with van der Waals surface area (Å²) < 4.78 is 2.37. The number of nitrogens with zero attached hydrogens (tertiary/aromatic N) is 2. The average molecular weight is 217 g/mol. The smallest absolute Gasteiger partial charge is 0.0540 e. The summed E-state index contributed by atoms with van der Waals surface area (Å²) >= 11 is 0. The monoisotopic (exact) mass is 217 g/mol. The van der Waals surface area contributed by atoms with Crippen LogP contribution in [0.15, 0.2) is 6.20 Å². The lowest BCUT2D eigenvalue weighted by molar-refractivity contribution is 0.423. The van der Waals surface area contributed by atoms with Crippen molar-refractivity contribution in [1.29, 1.82) is 0 Å². The van der Waals surface area contributed by atoms with E-state index in [2.05, 4.69) is 21.3 Å². The van der Waals surface area contributed by atoms with Gasteiger partial charge in [-0.2, -0.15) is 5.10 Å². The van der Waals surface area contributed by atoms with Crippen molar-refractivity contribution in [2.45, 2.75) is 63.1 Å². The van der Waals surface area contributed by atoms with Crippen molar-refractivity contribution in [3.63, 3.8) is 0 Å². The SMILES string of the molecule is c1nn(C2CCCC2)c2c1C1CCC(C2)N1. The molecule has 2 bridgehead atoms. The van der Waals surface area contributed by atoms with Crippen molar-refractivity contribution in [2.75, 3.05) is 0 Å². The molecule has 86 valence electrons. The van der Waals surface area contributed by atoms with E-state index in [9.17, 15) is 0 Å². The first kappa shape index (κ1) is 9.23. The minimum absolute atomic E-state index is 0.615. The lowest BCUT2D eigenvalue weighted by Crippen LogP contribution is -2.32. The molecule has 4 rings (SSSR count). The molecule has 2 fully saturated rings. The summed E-state index contributed by atoms with van der Waals surface area (Å²) in [5.41, 5.74) is 3.05. The first-order chi connectivity index (χ1) is 7.92. The lowest BCUT2D eigenvalue weighted by atomic mass is 10.0. The van der Waals surface area contributed by atoms with E-state index < -0.39 is 0 Å². The largest absolute Gasteiger partial charge is 0.307 e. The highest BCUT2D eigenvalue weighted by Gasteiger charge is 2.35. The second-order valence-corrected chi connectivity index (χ2v) is 5.63. The molecule has 2 aliphatic heterocycles. The molecular weight excluding hydrogens is 198 g/mol. The summed E-state index contributed by atoms with van der Waals surface area (Å²) in [5, 5.41) is 8.37. The molecule has 2 atom stereocenters. The molecule has 1 N–H and O–H groups in total. The fraction of sp³-hybridized carbons (Fsp3) is 0.769. The fourth-order valence-electron chi connectivity index (χ4n) is 3.83. The van der Waals surface area contributed by atoms with E-state index >= 15 is 0 Å². The Bertz CT molecular complexity index is 403. The molecule has 1 aromatic heterocycles. The number of rotatable bonds is 1. The van der Waals surface area contributed by atoms with Crippen LogP contribution in [0.25, 0.3) is 0 Å². The molecular formula is C13H19N3. The standard InChI is InChI=1S/C13H19N3/c1-2-4-10(3-1)16-13-7-9-5-6-12(15-9)11(13)8-14-16/h8-10,12,15H,1-7H2. The zero-order valence-electron chi connectivity index (χ0n) is 9.65. The summed E-state index contributed by atoms with van der Waals surface area (Å²) in [6.45, 7) is 0. The summed E-state index contributed by atoms with van der Waals surface area (Å²) in [6.07, 6.45) is 11.5. The van der Waals surface area contributed by atoms with E-state index in [1.807, 2.05) is 0 Å². The van der Waals surface area contributed by atoms with Gasteiger partial charge in [0.25, 0.3) is 0 Å². The van der Waals surface area contributed by atoms with Gasteiger partial charge in [-0.05, 0) is 25.7 Å². The third kappa shape index (κ3) is 1.21. The van der Waals surface area contributed by atoms with Crippen LogP contribution >= 0.6 is 0 Å². The van der Waals surface area contributed by atoms with Crippen LogP contribution < -0.4 is 5.32 Å². The highest BCUT2D eigenvalue weighted by Crippen LogP contribution is 2.38.